The molecule has 0 bridgehead atoms. The molecule has 2 unspecified atom stereocenters. The van der Waals surface area contributed by atoms with Crippen molar-refractivity contribution in [2.24, 2.45) is 5.73 Å². The number of carbonyl (C=O) groups is 1. The van der Waals surface area contributed by atoms with Gasteiger partial charge in [0.1, 0.15) is 0 Å². The molecule has 1 aliphatic rings. The molecule has 0 aromatic heterocycles. The molecule has 146 valence electrons. The Morgan fingerprint density at radius 2 is 1.79 bits per heavy atom. The van der Waals surface area contributed by atoms with Crippen LogP contribution in [0.2, 0.25) is 0 Å². The average Bonchev–Trinajstić information content (AvgIpc) is 2.74. The third-order valence-electron chi connectivity index (χ3n) is 5.74. The predicted octanol–water partition coefficient (Wildman–Crippen LogP) is 4.70. The first kappa shape index (κ1) is 19.9. The van der Waals surface area contributed by atoms with E-state index in [9.17, 15) is 4.79 Å². The zero-order valence-electron chi connectivity index (χ0n) is 16.6. The smallest absolute Gasteiger partial charge is 0.225 e. The van der Waals surface area contributed by atoms with E-state index >= 15 is 0 Å². The highest BCUT2D eigenvalue weighted by atomic mass is 16.1. The van der Waals surface area contributed by atoms with Gasteiger partial charge in [0.05, 0.1) is 17.6 Å². The van der Waals surface area contributed by atoms with Gasteiger partial charge in [0.15, 0.2) is 0 Å². The Morgan fingerprint density at radius 1 is 1.11 bits per heavy atom. The van der Waals surface area contributed by atoms with Crippen molar-refractivity contribution in [3.8, 4) is 6.07 Å². The van der Waals surface area contributed by atoms with E-state index in [4.69, 9.17) is 11.0 Å². The number of amides is 1. The van der Waals surface area contributed by atoms with E-state index in [1.54, 1.807) is 12.1 Å². The fourth-order valence-corrected chi connectivity index (χ4v) is 4.40. The molecular weight excluding hydrogens is 346 g/mol. The molecule has 2 atom stereocenters. The van der Waals surface area contributed by atoms with E-state index in [0.29, 0.717) is 5.56 Å². The van der Waals surface area contributed by atoms with Gasteiger partial charge in [0.2, 0.25) is 5.91 Å². The Balaban J connectivity index is 2.03. The van der Waals surface area contributed by atoms with Gasteiger partial charge in [-0.3, -0.25) is 4.79 Å². The third kappa shape index (κ3) is 4.36. The van der Waals surface area contributed by atoms with Gasteiger partial charge in [-0.05, 0) is 55.0 Å². The summed E-state index contributed by atoms with van der Waals surface area (Å²) >= 11 is 0. The lowest BCUT2D eigenvalue weighted by Gasteiger charge is -2.34. The Bertz CT molecular complexity index is 832. The number of carbonyl (C=O) groups excluding carboxylic acids is 1. The summed E-state index contributed by atoms with van der Waals surface area (Å²) in [4.78, 5) is 15.0. The molecule has 0 spiro atoms. The second-order valence-electron chi connectivity index (χ2n) is 7.62. The largest absolute Gasteiger partial charge is 0.371 e. The molecule has 1 fully saturated rings. The van der Waals surface area contributed by atoms with E-state index in [1.807, 2.05) is 12.1 Å². The van der Waals surface area contributed by atoms with Crippen molar-refractivity contribution in [3.63, 3.8) is 0 Å². The number of piperidine rings is 1. The molecule has 4 nitrogen and oxygen atoms in total. The lowest BCUT2D eigenvalue weighted by molar-refractivity contribution is -0.120. The summed E-state index contributed by atoms with van der Waals surface area (Å²) in [5, 5.41) is 9.08. The second-order valence-corrected chi connectivity index (χ2v) is 7.62. The highest BCUT2D eigenvalue weighted by molar-refractivity contribution is 5.83. The Labute approximate surface area is 168 Å². The summed E-state index contributed by atoms with van der Waals surface area (Å²) in [6.45, 7) is 4.27. The Hall–Kier alpha value is -2.80. The van der Waals surface area contributed by atoms with Crippen LogP contribution in [0.4, 0.5) is 5.69 Å². The van der Waals surface area contributed by atoms with E-state index in [1.165, 1.54) is 30.5 Å². The maximum absolute atomic E-state index is 12.6. The van der Waals surface area contributed by atoms with Crippen LogP contribution in [0.1, 0.15) is 67.6 Å². The van der Waals surface area contributed by atoms with Gasteiger partial charge in [-0.15, -0.1) is 0 Å². The molecule has 1 aliphatic heterocycles. The highest BCUT2D eigenvalue weighted by Crippen LogP contribution is 2.41. The number of hydrogen-bond acceptors (Lipinski definition) is 3. The average molecular weight is 376 g/mol. The molecule has 1 saturated heterocycles. The van der Waals surface area contributed by atoms with E-state index in [2.05, 4.69) is 42.2 Å². The van der Waals surface area contributed by atoms with Crippen LogP contribution in [-0.4, -0.2) is 19.0 Å². The van der Waals surface area contributed by atoms with Gasteiger partial charge in [0.25, 0.3) is 0 Å². The molecule has 1 heterocycles. The van der Waals surface area contributed by atoms with E-state index in [0.717, 1.165) is 31.5 Å². The van der Waals surface area contributed by atoms with Crippen molar-refractivity contribution in [1.29, 1.82) is 5.26 Å². The van der Waals surface area contributed by atoms with E-state index < -0.39 is 5.92 Å². The molecule has 2 aromatic carbocycles. The monoisotopic (exact) mass is 375 g/mol. The van der Waals surface area contributed by atoms with Crippen LogP contribution >= 0.6 is 0 Å². The summed E-state index contributed by atoms with van der Waals surface area (Å²) < 4.78 is 0. The van der Waals surface area contributed by atoms with Crippen molar-refractivity contribution < 1.29 is 4.79 Å². The van der Waals surface area contributed by atoms with Gasteiger partial charge >= 0.3 is 0 Å². The Morgan fingerprint density at radius 3 is 2.39 bits per heavy atom. The fourth-order valence-electron chi connectivity index (χ4n) is 4.40. The second kappa shape index (κ2) is 9.41. The van der Waals surface area contributed by atoms with Crippen LogP contribution < -0.4 is 10.6 Å². The number of anilines is 1. The van der Waals surface area contributed by atoms with Gasteiger partial charge in [-0.1, -0.05) is 43.7 Å². The van der Waals surface area contributed by atoms with Crippen molar-refractivity contribution in [2.45, 2.75) is 50.9 Å². The normalized spacial score (nSPS) is 16.2. The van der Waals surface area contributed by atoms with Crippen LogP contribution in [0, 0.1) is 11.3 Å². The minimum absolute atomic E-state index is 0.0218. The number of benzene rings is 2. The summed E-state index contributed by atoms with van der Waals surface area (Å²) in [5.41, 5.74) is 9.84. The molecule has 3 rings (SSSR count). The van der Waals surface area contributed by atoms with Crippen LogP contribution in [-0.2, 0) is 4.79 Å². The van der Waals surface area contributed by atoms with Crippen LogP contribution in [0.25, 0.3) is 0 Å². The van der Waals surface area contributed by atoms with Gasteiger partial charge in [0, 0.05) is 24.7 Å². The number of nitrogens with two attached hydrogens (primary N) is 1. The van der Waals surface area contributed by atoms with E-state index in [-0.39, 0.29) is 11.8 Å². The first-order valence-corrected chi connectivity index (χ1v) is 10.3. The molecule has 2 N–H and O–H groups in total. The molecule has 4 heteroatoms. The summed E-state index contributed by atoms with van der Waals surface area (Å²) in [6, 6.07) is 17.9. The summed E-state index contributed by atoms with van der Waals surface area (Å²) in [5.74, 6) is -0.691. The van der Waals surface area contributed by atoms with Crippen molar-refractivity contribution in [3.05, 3.63) is 65.2 Å². The van der Waals surface area contributed by atoms with Crippen molar-refractivity contribution in [1.82, 2.24) is 0 Å². The quantitative estimate of drug-likeness (QED) is 0.762. The zero-order chi connectivity index (χ0) is 19.9. The molecule has 0 aliphatic carbocycles. The predicted molar refractivity (Wildman–Crippen MR) is 113 cm³/mol. The lowest BCUT2D eigenvalue weighted by atomic mass is 9.77. The van der Waals surface area contributed by atoms with Crippen LogP contribution in [0.5, 0.6) is 0 Å². The number of nitrogens with zero attached hydrogens (tertiary/aromatic N) is 2. The number of rotatable bonds is 7. The minimum Gasteiger partial charge on any atom is -0.371 e. The first-order chi connectivity index (χ1) is 13.7. The number of hydrogen-bond donors (Lipinski definition) is 1. The number of primary amides is 1. The number of para-hydroxylation sites is 1. The number of nitriles is 1. The molecular formula is C24H29N3O. The first-order valence-electron chi connectivity index (χ1n) is 10.3. The van der Waals surface area contributed by atoms with Crippen molar-refractivity contribution in [2.75, 3.05) is 18.0 Å². The fraction of sp³-hybridized carbons (Fsp3) is 0.417. The van der Waals surface area contributed by atoms with Crippen LogP contribution in [0.15, 0.2) is 48.5 Å². The Kier molecular flexibility index (Phi) is 6.71. The minimum atomic E-state index is -0.404. The molecule has 0 saturated carbocycles. The molecule has 1 amide bonds. The summed E-state index contributed by atoms with van der Waals surface area (Å²) in [6.07, 6.45) is 5.56. The molecule has 0 radical (unpaired) electrons. The highest BCUT2D eigenvalue weighted by Gasteiger charge is 2.31. The van der Waals surface area contributed by atoms with Gasteiger partial charge < -0.3 is 10.6 Å². The lowest BCUT2D eigenvalue weighted by Crippen LogP contribution is -2.32. The SMILES string of the molecule is CCCC(c1ccccc1N1CCCCC1)C(C(N)=O)c1ccc(C#N)cc1. The summed E-state index contributed by atoms with van der Waals surface area (Å²) in [7, 11) is 0. The zero-order valence-corrected chi connectivity index (χ0v) is 16.6. The third-order valence-corrected chi connectivity index (χ3v) is 5.74. The topological polar surface area (TPSA) is 70.1 Å². The van der Waals surface area contributed by atoms with Gasteiger partial charge in [-0.25, -0.2) is 0 Å². The van der Waals surface area contributed by atoms with Crippen LogP contribution in [0.3, 0.4) is 0 Å². The maximum atomic E-state index is 12.6. The standard InChI is InChI=1S/C24H29N3O/c1-2-8-21(23(24(26)28)19-13-11-18(17-25)12-14-19)20-9-4-5-10-22(20)27-15-6-3-7-16-27/h4-5,9-14,21,23H,2-3,6-8,15-16H2,1H3,(H2,26,28). The maximum Gasteiger partial charge on any atom is 0.225 e. The van der Waals surface area contributed by atoms with Gasteiger partial charge in [-0.2, -0.15) is 5.26 Å². The molecule has 28 heavy (non-hydrogen) atoms. The van der Waals surface area contributed by atoms with Crippen molar-refractivity contribution >= 4 is 11.6 Å². The molecule has 2 aromatic rings.